The lowest BCUT2D eigenvalue weighted by molar-refractivity contribution is -0.136. The van der Waals surface area contributed by atoms with Gasteiger partial charge in [0.15, 0.2) is 0 Å². The van der Waals surface area contributed by atoms with Crippen LogP contribution in [0.3, 0.4) is 0 Å². The maximum atomic E-state index is 11.1. The molecule has 1 atom stereocenters. The van der Waals surface area contributed by atoms with Crippen LogP contribution >= 0.6 is 11.8 Å². The lowest BCUT2D eigenvalue weighted by atomic mass is 10.3. The highest BCUT2D eigenvalue weighted by atomic mass is 32.2. The molecule has 5 nitrogen and oxygen atoms in total. The van der Waals surface area contributed by atoms with Crippen molar-refractivity contribution in [2.24, 2.45) is 0 Å². The first-order chi connectivity index (χ1) is 7.06. The molecule has 0 aliphatic heterocycles. The minimum atomic E-state index is -0.911. The van der Waals surface area contributed by atoms with Crippen molar-refractivity contribution in [3.05, 3.63) is 0 Å². The fourth-order valence-electron chi connectivity index (χ4n) is 0.852. The van der Waals surface area contributed by atoms with E-state index in [1.807, 2.05) is 6.26 Å². The van der Waals surface area contributed by atoms with Crippen LogP contribution in [-0.2, 0) is 4.79 Å². The Morgan fingerprint density at radius 2 is 1.93 bits per heavy atom. The van der Waals surface area contributed by atoms with E-state index in [0.717, 1.165) is 6.42 Å². The van der Waals surface area contributed by atoms with Gasteiger partial charge in [-0.2, -0.15) is 11.8 Å². The smallest absolute Gasteiger partial charge is 0.314 e. The third-order valence-electron chi connectivity index (χ3n) is 1.86. The van der Waals surface area contributed by atoms with Gasteiger partial charge in [-0.3, -0.25) is 4.79 Å². The van der Waals surface area contributed by atoms with Gasteiger partial charge in [0.05, 0.1) is 6.42 Å². The summed E-state index contributed by atoms with van der Waals surface area (Å²) in [6.45, 7) is 2.87. The Balaban J connectivity index is 3.37. The van der Waals surface area contributed by atoms with E-state index in [4.69, 9.17) is 5.11 Å². The van der Waals surface area contributed by atoms with Crippen LogP contribution in [0.25, 0.3) is 0 Å². The maximum absolute atomic E-state index is 11.1. The standard InChI is InChI=1S/C9H18N2O3S/c1-7(15-2)3-5-10-9(14)11-6-4-8(12)13/h7H,3-6H2,1-2H3,(H,12,13)(H2,10,11,14). The summed E-state index contributed by atoms with van der Waals surface area (Å²) >= 11 is 1.75. The van der Waals surface area contributed by atoms with Gasteiger partial charge in [0.25, 0.3) is 0 Å². The predicted molar refractivity (Wildman–Crippen MR) is 61.2 cm³/mol. The van der Waals surface area contributed by atoms with Gasteiger partial charge in [0.2, 0.25) is 0 Å². The summed E-state index contributed by atoms with van der Waals surface area (Å²) in [5.74, 6) is -0.911. The summed E-state index contributed by atoms with van der Waals surface area (Å²) in [6, 6.07) is -0.301. The Morgan fingerprint density at radius 1 is 1.33 bits per heavy atom. The van der Waals surface area contributed by atoms with E-state index in [9.17, 15) is 9.59 Å². The van der Waals surface area contributed by atoms with Crippen molar-refractivity contribution in [1.29, 1.82) is 0 Å². The molecule has 0 aromatic heterocycles. The van der Waals surface area contributed by atoms with Crippen molar-refractivity contribution in [3.8, 4) is 0 Å². The summed E-state index contributed by atoms with van der Waals surface area (Å²) in [4.78, 5) is 21.2. The SMILES string of the molecule is CSC(C)CCNC(=O)NCCC(=O)O. The number of nitrogens with one attached hydrogen (secondary N) is 2. The lowest BCUT2D eigenvalue weighted by Crippen LogP contribution is -2.37. The van der Waals surface area contributed by atoms with Gasteiger partial charge in [-0.05, 0) is 12.7 Å². The largest absolute Gasteiger partial charge is 0.481 e. The van der Waals surface area contributed by atoms with Gasteiger partial charge in [-0.15, -0.1) is 0 Å². The molecular formula is C9H18N2O3S. The molecule has 0 bridgehead atoms. The third kappa shape index (κ3) is 9.40. The van der Waals surface area contributed by atoms with Crippen LogP contribution in [0.1, 0.15) is 19.8 Å². The number of carbonyl (C=O) groups excluding carboxylic acids is 1. The van der Waals surface area contributed by atoms with E-state index in [1.165, 1.54) is 0 Å². The molecule has 6 heteroatoms. The fourth-order valence-corrected chi connectivity index (χ4v) is 1.21. The van der Waals surface area contributed by atoms with Crippen LogP contribution in [0.2, 0.25) is 0 Å². The highest BCUT2D eigenvalue weighted by Gasteiger charge is 2.03. The molecule has 2 amide bonds. The zero-order chi connectivity index (χ0) is 11.7. The van der Waals surface area contributed by atoms with Crippen LogP contribution in [0, 0.1) is 0 Å². The monoisotopic (exact) mass is 234 g/mol. The second-order valence-electron chi connectivity index (χ2n) is 3.16. The number of hydrogen-bond acceptors (Lipinski definition) is 3. The Kier molecular flexibility index (Phi) is 7.89. The van der Waals surface area contributed by atoms with Crippen LogP contribution in [0.5, 0.6) is 0 Å². The molecule has 88 valence electrons. The first-order valence-electron chi connectivity index (χ1n) is 4.82. The summed E-state index contributed by atoms with van der Waals surface area (Å²) < 4.78 is 0. The van der Waals surface area contributed by atoms with E-state index in [1.54, 1.807) is 11.8 Å². The van der Waals surface area contributed by atoms with E-state index >= 15 is 0 Å². The molecule has 0 heterocycles. The molecule has 0 aliphatic rings. The average molecular weight is 234 g/mol. The number of urea groups is 1. The minimum Gasteiger partial charge on any atom is -0.481 e. The van der Waals surface area contributed by atoms with Crippen molar-refractivity contribution in [1.82, 2.24) is 10.6 Å². The van der Waals surface area contributed by atoms with Crippen LogP contribution < -0.4 is 10.6 Å². The summed E-state index contributed by atoms with van der Waals surface area (Å²) in [6.07, 6.45) is 2.89. The third-order valence-corrected chi connectivity index (χ3v) is 2.90. The molecule has 0 fully saturated rings. The average Bonchev–Trinajstić information content (AvgIpc) is 2.17. The Morgan fingerprint density at radius 3 is 2.47 bits per heavy atom. The number of aliphatic carboxylic acids is 1. The molecule has 0 aliphatic carbocycles. The second kappa shape index (κ2) is 8.40. The molecular weight excluding hydrogens is 216 g/mol. The van der Waals surface area contributed by atoms with Crippen LogP contribution in [-0.4, -0.2) is 41.7 Å². The Labute approximate surface area is 94.0 Å². The van der Waals surface area contributed by atoms with Crippen LogP contribution in [0.4, 0.5) is 4.79 Å². The summed E-state index contributed by atoms with van der Waals surface area (Å²) in [5.41, 5.74) is 0. The van der Waals surface area contributed by atoms with Gasteiger partial charge in [-0.25, -0.2) is 4.79 Å². The first kappa shape index (κ1) is 14.1. The molecule has 0 aromatic rings. The van der Waals surface area contributed by atoms with E-state index < -0.39 is 5.97 Å². The molecule has 0 aromatic carbocycles. The quantitative estimate of drug-likeness (QED) is 0.611. The number of amides is 2. The summed E-state index contributed by atoms with van der Waals surface area (Å²) in [7, 11) is 0. The van der Waals surface area contributed by atoms with E-state index in [2.05, 4.69) is 17.6 Å². The maximum Gasteiger partial charge on any atom is 0.314 e. The highest BCUT2D eigenvalue weighted by molar-refractivity contribution is 7.99. The molecule has 0 saturated carbocycles. The number of thioether (sulfide) groups is 1. The molecule has 0 rings (SSSR count). The topological polar surface area (TPSA) is 78.4 Å². The first-order valence-corrected chi connectivity index (χ1v) is 6.11. The molecule has 15 heavy (non-hydrogen) atoms. The Hall–Kier alpha value is -0.910. The molecule has 3 N–H and O–H groups in total. The van der Waals surface area contributed by atoms with Gasteiger partial charge >= 0.3 is 12.0 Å². The van der Waals surface area contributed by atoms with Gasteiger partial charge < -0.3 is 15.7 Å². The summed E-state index contributed by atoms with van der Waals surface area (Å²) in [5, 5.41) is 14.0. The molecule has 0 radical (unpaired) electrons. The lowest BCUT2D eigenvalue weighted by Gasteiger charge is -2.09. The predicted octanol–water partition coefficient (Wildman–Crippen LogP) is 0.902. The molecule has 0 saturated heterocycles. The zero-order valence-corrected chi connectivity index (χ0v) is 9.89. The number of rotatable bonds is 7. The number of carbonyl (C=O) groups is 2. The molecule has 0 spiro atoms. The van der Waals surface area contributed by atoms with Gasteiger partial charge in [0, 0.05) is 18.3 Å². The van der Waals surface area contributed by atoms with E-state index in [-0.39, 0.29) is 19.0 Å². The zero-order valence-electron chi connectivity index (χ0n) is 9.08. The minimum absolute atomic E-state index is 0.0470. The Bertz CT molecular complexity index is 212. The van der Waals surface area contributed by atoms with Crippen molar-refractivity contribution in [2.45, 2.75) is 25.0 Å². The fraction of sp³-hybridized carbons (Fsp3) is 0.778. The number of carboxylic acid groups (broad SMARTS) is 1. The molecule has 1 unspecified atom stereocenters. The number of carboxylic acids is 1. The number of hydrogen-bond donors (Lipinski definition) is 3. The van der Waals surface area contributed by atoms with Crippen molar-refractivity contribution in [3.63, 3.8) is 0 Å². The van der Waals surface area contributed by atoms with Gasteiger partial charge in [0.1, 0.15) is 0 Å². The highest BCUT2D eigenvalue weighted by Crippen LogP contribution is 2.07. The second-order valence-corrected chi connectivity index (χ2v) is 4.44. The normalized spacial score (nSPS) is 11.9. The van der Waals surface area contributed by atoms with E-state index in [0.29, 0.717) is 11.8 Å². The van der Waals surface area contributed by atoms with Gasteiger partial charge in [-0.1, -0.05) is 6.92 Å². The van der Waals surface area contributed by atoms with Crippen LogP contribution in [0.15, 0.2) is 0 Å². The van der Waals surface area contributed by atoms with Crippen molar-refractivity contribution in [2.75, 3.05) is 19.3 Å². The van der Waals surface area contributed by atoms with Crippen molar-refractivity contribution >= 4 is 23.8 Å². The van der Waals surface area contributed by atoms with Crippen molar-refractivity contribution < 1.29 is 14.7 Å².